The SMILES string of the molecule is CCN1c2ccc3ccccc3c2-c2ccc3ccccc3c2-n2c1cc1c3ccccc3ccc12. The van der Waals surface area contributed by atoms with Crippen LogP contribution in [0.25, 0.3) is 60.0 Å². The van der Waals surface area contributed by atoms with Gasteiger partial charge in [0.25, 0.3) is 0 Å². The van der Waals surface area contributed by atoms with Crippen LogP contribution in [0.15, 0.2) is 115 Å². The number of hydrogen-bond acceptors (Lipinski definition) is 1. The van der Waals surface area contributed by atoms with Crippen molar-refractivity contribution >= 4 is 54.7 Å². The molecule has 0 spiro atoms. The van der Waals surface area contributed by atoms with Gasteiger partial charge >= 0.3 is 0 Å². The summed E-state index contributed by atoms with van der Waals surface area (Å²) >= 11 is 0. The van der Waals surface area contributed by atoms with Crippen molar-refractivity contribution in [2.45, 2.75) is 6.92 Å². The lowest BCUT2D eigenvalue weighted by Gasteiger charge is -2.24. The second-order valence-electron chi connectivity index (χ2n) is 9.67. The molecule has 7 aromatic rings. The van der Waals surface area contributed by atoms with Crippen LogP contribution in [0.5, 0.6) is 0 Å². The van der Waals surface area contributed by atoms with Gasteiger partial charge in [-0.2, -0.15) is 0 Å². The predicted molar refractivity (Wildman–Crippen MR) is 154 cm³/mol. The molecule has 1 aliphatic heterocycles. The van der Waals surface area contributed by atoms with Gasteiger partial charge in [0.1, 0.15) is 5.82 Å². The Labute approximate surface area is 209 Å². The normalized spacial score (nSPS) is 12.6. The quantitative estimate of drug-likeness (QED) is 0.237. The van der Waals surface area contributed by atoms with E-state index in [1.165, 1.54) is 71.5 Å². The van der Waals surface area contributed by atoms with Gasteiger partial charge in [0.05, 0.1) is 16.9 Å². The summed E-state index contributed by atoms with van der Waals surface area (Å²) in [6.07, 6.45) is 0. The van der Waals surface area contributed by atoms with E-state index in [1.54, 1.807) is 0 Å². The molecule has 8 rings (SSSR count). The summed E-state index contributed by atoms with van der Waals surface area (Å²) in [6.45, 7) is 3.14. The molecule has 0 N–H and O–H groups in total. The highest BCUT2D eigenvalue weighted by Gasteiger charge is 2.28. The van der Waals surface area contributed by atoms with Crippen LogP contribution in [-0.2, 0) is 0 Å². The Morgan fingerprint density at radius 3 is 1.94 bits per heavy atom. The number of rotatable bonds is 1. The van der Waals surface area contributed by atoms with Gasteiger partial charge in [-0.05, 0) is 52.1 Å². The van der Waals surface area contributed by atoms with Crippen molar-refractivity contribution in [2.75, 3.05) is 11.4 Å². The Kier molecular flexibility index (Phi) is 3.96. The first-order valence-electron chi connectivity index (χ1n) is 12.7. The van der Waals surface area contributed by atoms with Gasteiger partial charge in [-0.1, -0.05) is 97.1 Å². The largest absolute Gasteiger partial charge is 0.327 e. The predicted octanol–water partition coefficient (Wildman–Crippen LogP) is 9.23. The van der Waals surface area contributed by atoms with Crippen LogP contribution in [0.3, 0.4) is 0 Å². The molecule has 1 aromatic heterocycles. The Morgan fingerprint density at radius 1 is 0.556 bits per heavy atom. The zero-order valence-electron chi connectivity index (χ0n) is 20.1. The molecule has 0 fully saturated rings. The molecular weight excluding hydrogens is 436 g/mol. The molecule has 2 heterocycles. The van der Waals surface area contributed by atoms with E-state index < -0.39 is 0 Å². The number of anilines is 2. The lowest BCUT2D eigenvalue weighted by molar-refractivity contribution is 0.971. The number of nitrogens with zero attached hydrogens (tertiary/aromatic N) is 2. The Balaban J connectivity index is 1.64. The highest BCUT2D eigenvalue weighted by molar-refractivity contribution is 6.15. The number of fused-ring (bicyclic) bond motifs is 13. The summed E-state index contributed by atoms with van der Waals surface area (Å²) in [5.41, 5.74) is 6.37. The van der Waals surface area contributed by atoms with Crippen LogP contribution in [0.2, 0.25) is 0 Å². The molecule has 0 saturated carbocycles. The van der Waals surface area contributed by atoms with E-state index in [2.05, 4.69) is 132 Å². The van der Waals surface area contributed by atoms with Crippen molar-refractivity contribution in [1.82, 2.24) is 4.57 Å². The molecule has 2 nitrogen and oxygen atoms in total. The maximum atomic E-state index is 2.51. The third kappa shape index (κ3) is 2.51. The molecule has 0 amide bonds. The minimum atomic E-state index is 0.880. The third-order valence-electron chi connectivity index (χ3n) is 7.88. The molecule has 0 bridgehead atoms. The van der Waals surface area contributed by atoms with Crippen molar-refractivity contribution in [2.24, 2.45) is 0 Å². The molecule has 0 aliphatic carbocycles. The summed E-state index contributed by atoms with van der Waals surface area (Å²) in [6, 6.07) is 42.5. The summed E-state index contributed by atoms with van der Waals surface area (Å²) in [7, 11) is 0. The molecule has 0 radical (unpaired) electrons. The van der Waals surface area contributed by atoms with Crippen molar-refractivity contribution < 1.29 is 0 Å². The lowest BCUT2D eigenvalue weighted by Crippen LogP contribution is -2.18. The van der Waals surface area contributed by atoms with Crippen LogP contribution in [-0.4, -0.2) is 11.1 Å². The van der Waals surface area contributed by atoms with Crippen LogP contribution >= 0.6 is 0 Å². The summed E-state index contributed by atoms with van der Waals surface area (Å²) in [5, 5.41) is 8.98. The standard InChI is InChI=1S/C34H24N2/c1-2-35-31-20-17-23-10-4-7-13-26(23)33(31)28-18-15-24-11-5-8-14-27(24)34(28)36-30-19-16-22-9-3-6-12-25(22)29(30)21-32(35)36/h3-21H,2H2,1H3. The first-order chi connectivity index (χ1) is 17.8. The Hall–Kier alpha value is -4.56. The fourth-order valence-corrected chi connectivity index (χ4v) is 6.30. The van der Waals surface area contributed by atoms with E-state index in [0.29, 0.717) is 0 Å². The molecule has 2 heteroatoms. The van der Waals surface area contributed by atoms with E-state index in [0.717, 1.165) is 6.54 Å². The summed E-state index contributed by atoms with van der Waals surface area (Å²) in [4.78, 5) is 2.49. The maximum absolute atomic E-state index is 2.51. The minimum Gasteiger partial charge on any atom is -0.327 e. The fraction of sp³-hybridized carbons (Fsp3) is 0.0588. The molecule has 0 unspecified atom stereocenters. The Morgan fingerprint density at radius 2 is 1.17 bits per heavy atom. The fourth-order valence-electron chi connectivity index (χ4n) is 6.30. The van der Waals surface area contributed by atoms with Crippen molar-refractivity contribution in [1.29, 1.82) is 0 Å². The van der Waals surface area contributed by atoms with Gasteiger partial charge in [0.2, 0.25) is 0 Å². The zero-order chi connectivity index (χ0) is 23.8. The second kappa shape index (κ2) is 7.22. The molecule has 170 valence electrons. The molecule has 6 aromatic carbocycles. The Bertz CT molecular complexity index is 1990. The van der Waals surface area contributed by atoms with Crippen molar-refractivity contribution in [3.05, 3.63) is 115 Å². The third-order valence-corrected chi connectivity index (χ3v) is 7.88. The average molecular weight is 461 g/mol. The number of hydrogen-bond donors (Lipinski definition) is 0. The van der Waals surface area contributed by atoms with Gasteiger partial charge in [0.15, 0.2) is 0 Å². The summed E-state index contributed by atoms with van der Waals surface area (Å²) in [5.74, 6) is 1.22. The topological polar surface area (TPSA) is 8.17 Å². The van der Waals surface area contributed by atoms with Gasteiger partial charge < -0.3 is 4.90 Å². The van der Waals surface area contributed by atoms with E-state index in [4.69, 9.17) is 0 Å². The van der Waals surface area contributed by atoms with E-state index in [9.17, 15) is 0 Å². The minimum absolute atomic E-state index is 0.880. The van der Waals surface area contributed by atoms with Crippen molar-refractivity contribution in [3.8, 4) is 16.8 Å². The van der Waals surface area contributed by atoms with Gasteiger partial charge in [-0.15, -0.1) is 0 Å². The van der Waals surface area contributed by atoms with Gasteiger partial charge in [-0.3, -0.25) is 4.57 Å². The van der Waals surface area contributed by atoms with Crippen LogP contribution in [0.4, 0.5) is 11.5 Å². The number of benzene rings is 6. The van der Waals surface area contributed by atoms with E-state index in [-0.39, 0.29) is 0 Å². The molecule has 0 atom stereocenters. The first-order valence-corrected chi connectivity index (χ1v) is 12.7. The van der Waals surface area contributed by atoms with Crippen LogP contribution < -0.4 is 4.90 Å². The highest BCUT2D eigenvalue weighted by Crippen LogP contribution is 2.50. The van der Waals surface area contributed by atoms with Crippen LogP contribution in [0, 0.1) is 0 Å². The average Bonchev–Trinajstić information content (AvgIpc) is 3.26. The molecule has 36 heavy (non-hydrogen) atoms. The summed E-state index contributed by atoms with van der Waals surface area (Å²) < 4.78 is 2.51. The molecule has 1 aliphatic rings. The maximum Gasteiger partial charge on any atom is 0.118 e. The van der Waals surface area contributed by atoms with Crippen LogP contribution in [0.1, 0.15) is 6.92 Å². The smallest absolute Gasteiger partial charge is 0.118 e. The van der Waals surface area contributed by atoms with E-state index in [1.807, 2.05) is 0 Å². The van der Waals surface area contributed by atoms with E-state index >= 15 is 0 Å². The molecular formula is C34H24N2. The second-order valence-corrected chi connectivity index (χ2v) is 9.67. The monoisotopic (exact) mass is 460 g/mol. The highest BCUT2D eigenvalue weighted by atomic mass is 15.3. The lowest BCUT2D eigenvalue weighted by atomic mass is 9.92. The van der Waals surface area contributed by atoms with Gasteiger partial charge in [0, 0.05) is 28.4 Å². The molecule has 0 saturated heterocycles. The number of aromatic nitrogens is 1. The first kappa shape index (κ1) is 19.7. The van der Waals surface area contributed by atoms with Gasteiger partial charge in [-0.25, -0.2) is 0 Å². The van der Waals surface area contributed by atoms with Crippen molar-refractivity contribution in [3.63, 3.8) is 0 Å². The zero-order valence-corrected chi connectivity index (χ0v) is 20.1.